The summed E-state index contributed by atoms with van der Waals surface area (Å²) in [6, 6.07) is 2.69. The van der Waals surface area contributed by atoms with Crippen LogP contribution in [0, 0.1) is 10.1 Å². The number of alkyl halides is 3. The first-order valence-corrected chi connectivity index (χ1v) is 6.39. The van der Waals surface area contributed by atoms with Gasteiger partial charge in [-0.25, -0.2) is 9.48 Å². The third-order valence-corrected chi connectivity index (χ3v) is 3.16. The molecule has 2 aromatic rings. The second-order valence-electron chi connectivity index (χ2n) is 4.43. The summed E-state index contributed by atoms with van der Waals surface area (Å²) in [4.78, 5) is 20.9. The number of aromatic nitrogens is 2. The maximum absolute atomic E-state index is 12.7. The summed E-state index contributed by atoms with van der Waals surface area (Å²) >= 11 is 5.60. The normalized spacial score (nSPS) is 11.4. The number of carboxylic acids is 1. The van der Waals surface area contributed by atoms with Crippen LogP contribution in [-0.4, -0.2) is 25.8 Å². The zero-order chi connectivity index (χ0) is 18.2. The van der Waals surface area contributed by atoms with Gasteiger partial charge in [0.1, 0.15) is 16.3 Å². The summed E-state index contributed by atoms with van der Waals surface area (Å²) < 4.78 is 44.0. The summed E-state index contributed by atoms with van der Waals surface area (Å²) in [6.45, 7) is 0. The number of halogens is 4. The van der Waals surface area contributed by atoms with E-state index in [1.165, 1.54) is 0 Å². The van der Waals surface area contributed by atoms with Gasteiger partial charge in [0.2, 0.25) is 5.88 Å². The van der Waals surface area contributed by atoms with Gasteiger partial charge in [-0.05, 0) is 6.07 Å². The number of aryl methyl sites for hydroxylation is 1. The highest BCUT2D eigenvalue weighted by Crippen LogP contribution is 2.40. The van der Waals surface area contributed by atoms with E-state index < -0.39 is 44.9 Å². The molecule has 0 aliphatic rings. The van der Waals surface area contributed by atoms with Crippen molar-refractivity contribution in [3.8, 4) is 11.6 Å². The molecule has 8 nitrogen and oxygen atoms in total. The largest absolute Gasteiger partial charge is 0.477 e. The Kier molecular flexibility index (Phi) is 4.38. The molecule has 1 aromatic carbocycles. The Morgan fingerprint density at radius 1 is 1.46 bits per heavy atom. The number of rotatable bonds is 4. The van der Waals surface area contributed by atoms with Crippen molar-refractivity contribution in [2.75, 3.05) is 0 Å². The van der Waals surface area contributed by atoms with Crippen LogP contribution in [0.25, 0.3) is 0 Å². The number of hydrogen-bond acceptors (Lipinski definition) is 5. The minimum atomic E-state index is -4.81. The van der Waals surface area contributed by atoms with Crippen LogP contribution in [0.4, 0.5) is 18.9 Å². The molecule has 0 bridgehead atoms. The maximum Gasteiger partial charge on any atom is 0.436 e. The zero-order valence-electron chi connectivity index (χ0n) is 11.7. The molecule has 0 saturated carbocycles. The highest BCUT2D eigenvalue weighted by Gasteiger charge is 2.39. The van der Waals surface area contributed by atoms with E-state index in [-0.39, 0.29) is 5.75 Å². The standard InChI is InChI=1S/C12H7ClF3N3O5/c1-18-10(8(13)9(17-18)12(14,15)16)24-5-2-3-7(19(22)23)6(4-5)11(20)21/h2-4H,1H3,(H,20,21). The molecule has 0 saturated heterocycles. The predicted molar refractivity (Wildman–Crippen MR) is 73.3 cm³/mol. The Morgan fingerprint density at radius 2 is 2.08 bits per heavy atom. The molecular weight excluding hydrogens is 359 g/mol. The SMILES string of the molecule is Cn1nc(C(F)(F)F)c(Cl)c1Oc1ccc([N+](=O)[O-])c(C(=O)O)c1. The van der Waals surface area contributed by atoms with E-state index in [4.69, 9.17) is 21.4 Å². The molecule has 24 heavy (non-hydrogen) atoms. The third-order valence-electron chi connectivity index (χ3n) is 2.82. The van der Waals surface area contributed by atoms with Gasteiger partial charge in [0, 0.05) is 19.2 Å². The van der Waals surface area contributed by atoms with Crippen molar-refractivity contribution in [2.45, 2.75) is 6.18 Å². The fraction of sp³-hybridized carbons (Fsp3) is 0.167. The zero-order valence-corrected chi connectivity index (χ0v) is 12.4. The average molecular weight is 366 g/mol. The van der Waals surface area contributed by atoms with Gasteiger partial charge in [0.25, 0.3) is 5.69 Å². The van der Waals surface area contributed by atoms with E-state index in [0.29, 0.717) is 4.68 Å². The molecule has 12 heteroatoms. The molecule has 128 valence electrons. The van der Waals surface area contributed by atoms with Gasteiger partial charge in [-0.3, -0.25) is 10.1 Å². The monoisotopic (exact) mass is 365 g/mol. The van der Waals surface area contributed by atoms with Crippen molar-refractivity contribution in [3.05, 3.63) is 44.6 Å². The minimum Gasteiger partial charge on any atom is -0.477 e. The van der Waals surface area contributed by atoms with E-state index in [1.807, 2.05) is 0 Å². The molecule has 2 rings (SSSR count). The molecule has 1 aromatic heterocycles. The van der Waals surface area contributed by atoms with Crippen LogP contribution in [-0.2, 0) is 13.2 Å². The number of nitro benzene ring substituents is 1. The molecule has 0 fully saturated rings. The summed E-state index contributed by atoms with van der Waals surface area (Å²) in [5.41, 5.74) is -2.75. The van der Waals surface area contributed by atoms with Crippen LogP contribution < -0.4 is 4.74 Å². The van der Waals surface area contributed by atoms with Gasteiger partial charge < -0.3 is 9.84 Å². The molecule has 0 spiro atoms. The lowest BCUT2D eigenvalue weighted by atomic mass is 10.1. The van der Waals surface area contributed by atoms with Crippen molar-refractivity contribution in [3.63, 3.8) is 0 Å². The highest BCUT2D eigenvalue weighted by molar-refractivity contribution is 6.32. The number of benzene rings is 1. The predicted octanol–water partition coefficient (Wildman–Crippen LogP) is 3.49. The molecule has 0 atom stereocenters. The first-order valence-electron chi connectivity index (χ1n) is 6.01. The first-order chi connectivity index (χ1) is 11.0. The second-order valence-corrected chi connectivity index (χ2v) is 4.81. The van der Waals surface area contributed by atoms with Crippen LogP contribution in [0.5, 0.6) is 11.6 Å². The van der Waals surface area contributed by atoms with Crippen LogP contribution in [0.15, 0.2) is 18.2 Å². The molecular formula is C12H7ClF3N3O5. The van der Waals surface area contributed by atoms with Gasteiger partial charge in [-0.1, -0.05) is 11.6 Å². The third kappa shape index (κ3) is 3.25. The van der Waals surface area contributed by atoms with Gasteiger partial charge in [0.05, 0.1) is 4.92 Å². The fourth-order valence-electron chi connectivity index (χ4n) is 1.80. The lowest BCUT2D eigenvalue weighted by Crippen LogP contribution is -2.07. The maximum atomic E-state index is 12.7. The Labute approximate surface area is 136 Å². The van der Waals surface area contributed by atoms with Crippen LogP contribution in [0.1, 0.15) is 16.1 Å². The molecule has 0 aliphatic heterocycles. The Bertz CT molecular complexity index is 834. The van der Waals surface area contributed by atoms with Crippen LogP contribution in [0.3, 0.4) is 0 Å². The van der Waals surface area contributed by atoms with Gasteiger partial charge in [0.15, 0.2) is 5.69 Å². The first kappa shape index (κ1) is 17.5. The molecule has 0 aliphatic carbocycles. The summed E-state index contributed by atoms with van der Waals surface area (Å²) in [5, 5.41) is 22.1. The van der Waals surface area contributed by atoms with Gasteiger partial charge >= 0.3 is 12.1 Å². The van der Waals surface area contributed by atoms with E-state index >= 15 is 0 Å². The lowest BCUT2D eigenvalue weighted by molar-refractivity contribution is -0.385. The number of carbonyl (C=O) groups is 1. The second kappa shape index (κ2) is 6.00. The number of hydrogen-bond donors (Lipinski definition) is 1. The van der Waals surface area contributed by atoms with Crippen LogP contribution in [0.2, 0.25) is 5.02 Å². The number of ether oxygens (including phenoxy) is 1. The quantitative estimate of drug-likeness (QED) is 0.656. The Morgan fingerprint density at radius 3 is 2.54 bits per heavy atom. The smallest absolute Gasteiger partial charge is 0.436 e. The van der Waals surface area contributed by atoms with Gasteiger partial charge in [-0.15, -0.1) is 0 Å². The average Bonchev–Trinajstić information content (AvgIpc) is 2.75. The molecule has 0 unspecified atom stereocenters. The van der Waals surface area contributed by atoms with E-state index in [9.17, 15) is 28.1 Å². The van der Waals surface area contributed by atoms with Crippen molar-refractivity contribution >= 4 is 23.3 Å². The summed E-state index contributed by atoms with van der Waals surface area (Å²) in [6.07, 6.45) is -4.81. The van der Waals surface area contributed by atoms with Gasteiger partial charge in [-0.2, -0.15) is 18.3 Å². The number of nitrogens with zero attached hydrogens (tertiary/aromatic N) is 3. The van der Waals surface area contributed by atoms with Crippen molar-refractivity contribution < 1.29 is 32.7 Å². The van der Waals surface area contributed by atoms with E-state index in [0.717, 1.165) is 25.2 Å². The molecule has 0 radical (unpaired) electrons. The summed E-state index contributed by atoms with van der Waals surface area (Å²) in [5.74, 6) is -2.34. The van der Waals surface area contributed by atoms with Crippen molar-refractivity contribution in [1.82, 2.24) is 9.78 Å². The minimum absolute atomic E-state index is 0.253. The van der Waals surface area contributed by atoms with Crippen molar-refractivity contribution in [1.29, 1.82) is 0 Å². The van der Waals surface area contributed by atoms with E-state index in [2.05, 4.69) is 5.10 Å². The molecule has 1 heterocycles. The van der Waals surface area contributed by atoms with Crippen molar-refractivity contribution in [2.24, 2.45) is 7.05 Å². The lowest BCUT2D eigenvalue weighted by Gasteiger charge is -2.07. The Balaban J connectivity index is 2.46. The number of carboxylic acid groups (broad SMARTS) is 1. The molecule has 1 N–H and O–H groups in total. The van der Waals surface area contributed by atoms with Crippen LogP contribution >= 0.6 is 11.6 Å². The summed E-state index contributed by atoms with van der Waals surface area (Å²) in [7, 11) is 1.14. The topological polar surface area (TPSA) is 107 Å². The molecule has 0 amide bonds. The number of aromatic carboxylic acids is 1. The highest BCUT2D eigenvalue weighted by atomic mass is 35.5. The Hall–Kier alpha value is -2.82. The van der Waals surface area contributed by atoms with E-state index in [1.54, 1.807) is 0 Å². The fourth-order valence-corrected chi connectivity index (χ4v) is 2.10. The number of nitro groups is 1.